The van der Waals surface area contributed by atoms with Crippen molar-refractivity contribution in [1.29, 1.82) is 0 Å². The molecule has 4 heteroatoms. The van der Waals surface area contributed by atoms with Crippen LogP contribution in [0.3, 0.4) is 0 Å². The Morgan fingerprint density at radius 1 is 1.18 bits per heavy atom. The second-order valence-corrected chi connectivity index (χ2v) is 4.56. The molecule has 0 bridgehead atoms. The Kier molecular flexibility index (Phi) is 2.98. The minimum atomic E-state index is -4.35. The number of carbonyl (C=O) groups is 1. The summed E-state index contributed by atoms with van der Waals surface area (Å²) in [7, 11) is 0. The first-order chi connectivity index (χ1) is 7.98. The zero-order valence-electron chi connectivity index (χ0n) is 9.26. The molecule has 1 fully saturated rings. The smallest absolute Gasteiger partial charge is 0.302 e. The van der Waals surface area contributed by atoms with Crippen LogP contribution in [0.4, 0.5) is 13.2 Å². The third-order valence-corrected chi connectivity index (χ3v) is 3.49. The maximum atomic E-state index is 12.6. The molecule has 0 heterocycles. The van der Waals surface area contributed by atoms with Crippen molar-refractivity contribution in [3.05, 3.63) is 35.4 Å². The molecule has 0 N–H and O–H groups in total. The molecule has 1 aromatic carbocycles. The van der Waals surface area contributed by atoms with Crippen LogP contribution in [-0.2, 0) is 16.4 Å². The standard InChI is InChI=1S/C13H13F3O/c14-13(15,16)11-5-3-4-10(8-11)12(9-17)6-1-2-7-12/h3-5,8-9H,1-2,6-7H2. The number of hydrogen-bond donors (Lipinski definition) is 0. The molecule has 0 spiro atoms. The molecule has 2 rings (SSSR count). The van der Waals surface area contributed by atoms with Crippen molar-refractivity contribution in [2.75, 3.05) is 0 Å². The Balaban J connectivity index is 2.42. The number of aldehydes is 1. The van der Waals surface area contributed by atoms with E-state index in [0.29, 0.717) is 18.4 Å². The zero-order chi connectivity index (χ0) is 12.5. The maximum absolute atomic E-state index is 12.6. The lowest BCUT2D eigenvalue weighted by Gasteiger charge is -2.23. The largest absolute Gasteiger partial charge is 0.416 e. The van der Waals surface area contributed by atoms with Crippen LogP contribution < -0.4 is 0 Å². The van der Waals surface area contributed by atoms with Gasteiger partial charge in [-0.1, -0.05) is 31.0 Å². The van der Waals surface area contributed by atoms with E-state index in [1.807, 2.05) is 0 Å². The fourth-order valence-corrected chi connectivity index (χ4v) is 2.49. The molecule has 1 nitrogen and oxygen atoms in total. The number of benzene rings is 1. The van der Waals surface area contributed by atoms with Gasteiger partial charge < -0.3 is 4.79 Å². The minimum Gasteiger partial charge on any atom is -0.302 e. The molecular weight excluding hydrogens is 229 g/mol. The lowest BCUT2D eigenvalue weighted by Crippen LogP contribution is -2.24. The normalized spacial score (nSPS) is 19.2. The van der Waals surface area contributed by atoms with E-state index in [-0.39, 0.29) is 0 Å². The Hall–Kier alpha value is -1.32. The van der Waals surface area contributed by atoms with E-state index >= 15 is 0 Å². The summed E-state index contributed by atoms with van der Waals surface area (Å²) in [6, 6.07) is 5.15. The van der Waals surface area contributed by atoms with Crippen LogP contribution >= 0.6 is 0 Å². The van der Waals surface area contributed by atoms with E-state index in [0.717, 1.165) is 31.3 Å². The highest BCUT2D eigenvalue weighted by Crippen LogP contribution is 2.41. The second kappa shape index (κ2) is 4.17. The van der Waals surface area contributed by atoms with Gasteiger partial charge in [0.25, 0.3) is 0 Å². The second-order valence-electron chi connectivity index (χ2n) is 4.56. The Morgan fingerprint density at radius 2 is 1.82 bits per heavy atom. The van der Waals surface area contributed by atoms with Crippen LogP contribution in [0.2, 0.25) is 0 Å². The Labute approximate surface area is 97.6 Å². The molecule has 1 aliphatic carbocycles. The van der Waals surface area contributed by atoms with E-state index in [4.69, 9.17) is 0 Å². The van der Waals surface area contributed by atoms with Gasteiger partial charge >= 0.3 is 6.18 Å². The van der Waals surface area contributed by atoms with Crippen molar-refractivity contribution in [3.63, 3.8) is 0 Å². The summed E-state index contributed by atoms with van der Waals surface area (Å²) in [5.74, 6) is 0. The van der Waals surface area contributed by atoms with Gasteiger partial charge in [0, 0.05) is 0 Å². The molecule has 92 valence electrons. The summed E-state index contributed by atoms with van der Waals surface area (Å²) < 4.78 is 37.8. The van der Waals surface area contributed by atoms with Crippen LogP contribution in [0.1, 0.15) is 36.8 Å². The van der Waals surface area contributed by atoms with Crippen molar-refractivity contribution in [3.8, 4) is 0 Å². The molecule has 1 saturated carbocycles. The molecule has 1 aromatic rings. The summed E-state index contributed by atoms with van der Waals surface area (Å²) in [6.45, 7) is 0. The fourth-order valence-electron chi connectivity index (χ4n) is 2.49. The monoisotopic (exact) mass is 242 g/mol. The first-order valence-corrected chi connectivity index (χ1v) is 5.62. The van der Waals surface area contributed by atoms with Gasteiger partial charge in [-0.2, -0.15) is 13.2 Å². The van der Waals surface area contributed by atoms with Gasteiger partial charge in [-0.15, -0.1) is 0 Å². The minimum absolute atomic E-state index is 0.500. The molecular formula is C13H13F3O. The summed E-state index contributed by atoms with van der Waals surface area (Å²) in [5.41, 5.74) is -0.871. The highest BCUT2D eigenvalue weighted by Gasteiger charge is 2.37. The van der Waals surface area contributed by atoms with E-state index in [2.05, 4.69) is 0 Å². The summed E-state index contributed by atoms with van der Waals surface area (Å²) in [6.07, 6.45) is -0.437. The van der Waals surface area contributed by atoms with Crippen molar-refractivity contribution in [2.24, 2.45) is 0 Å². The van der Waals surface area contributed by atoms with E-state index in [1.165, 1.54) is 6.07 Å². The van der Waals surface area contributed by atoms with Gasteiger partial charge in [-0.05, 0) is 24.5 Å². The Morgan fingerprint density at radius 3 is 2.35 bits per heavy atom. The molecule has 0 aliphatic heterocycles. The van der Waals surface area contributed by atoms with Crippen LogP contribution in [0.5, 0.6) is 0 Å². The molecule has 0 amide bonds. The Bertz CT molecular complexity index is 417. The lowest BCUT2D eigenvalue weighted by molar-refractivity contribution is -0.137. The number of carbonyl (C=O) groups excluding carboxylic acids is 1. The maximum Gasteiger partial charge on any atom is 0.416 e. The predicted octanol–water partition coefficient (Wildman–Crippen LogP) is 3.72. The molecule has 0 radical (unpaired) electrons. The highest BCUT2D eigenvalue weighted by molar-refractivity contribution is 5.69. The summed E-state index contributed by atoms with van der Waals surface area (Å²) in [5, 5.41) is 0. The van der Waals surface area contributed by atoms with Gasteiger partial charge in [0.15, 0.2) is 0 Å². The van der Waals surface area contributed by atoms with Crippen molar-refractivity contribution in [2.45, 2.75) is 37.3 Å². The van der Waals surface area contributed by atoms with E-state index in [9.17, 15) is 18.0 Å². The quantitative estimate of drug-likeness (QED) is 0.722. The van der Waals surface area contributed by atoms with Crippen molar-refractivity contribution in [1.82, 2.24) is 0 Å². The third-order valence-electron chi connectivity index (χ3n) is 3.49. The van der Waals surface area contributed by atoms with Crippen molar-refractivity contribution < 1.29 is 18.0 Å². The third kappa shape index (κ3) is 2.21. The molecule has 0 unspecified atom stereocenters. The number of alkyl halides is 3. The summed E-state index contributed by atoms with van der Waals surface area (Å²) >= 11 is 0. The van der Waals surface area contributed by atoms with Crippen LogP contribution in [0, 0.1) is 0 Å². The lowest BCUT2D eigenvalue weighted by atomic mass is 9.80. The molecule has 0 atom stereocenters. The zero-order valence-corrected chi connectivity index (χ0v) is 9.26. The van der Waals surface area contributed by atoms with Gasteiger partial charge in [-0.3, -0.25) is 0 Å². The number of halogens is 3. The highest BCUT2D eigenvalue weighted by atomic mass is 19.4. The van der Waals surface area contributed by atoms with Gasteiger partial charge in [0.1, 0.15) is 6.29 Å². The molecule has 0 aromatic heterocycles. The molecule has 0 saturated heterocycles. The fraction of sp³-hybridized carbons (Fsp3) is 0.462. The molecule has 17 heavy (non-hydrogen) atoms. The van der Waals surface area contributed by atoms with Gasteiger partial charge in [0.05, 0.1) is 11.0 Å². The summed E-state index contributed by atoms with van der Waals surface area (Å²) in [4.78, 5) is 11.2. The SMILES string of the molecule is O=CC1(c2cccc(C(F)(F)F)c2)CCCC1. The number of hydrogen-bond acceptors (Lipinski definition) is 1. The average Bonchev–Trinajstić information content (AvgIpc) is 2.78. The van der Waals surface area contributed by atoms with Crippen LogP contribution in [0.15, 0.2) is 24.3 Å². The first-order valence-electron chi connectivity index (χ1n) is 5.62. The van der Waals surface area contributed by atoms with Crippen molar-refractivity contribution >= 4 is 6.29 Å². The van der Waals surface area contributed by atoms with Gasteiger partial charge in [0.2, 0.25) is 0 Å². The van der Waals surface area contributed by atoms with Gasteiger partial charge in [-0.25, -0.2) is 0 Å². The van der Waals surface area contributed by atoms with E-state index in [1.54, 1.807) is 6.07 Å². The van der Waals surface area contributed by atoms with E-state index < -0.39 is 17.2 Å². The predicted molar refractivity (Wildman–Crippen MR) is 57.7 cm³/mol. The van der Waals surface area contributed by atoms with Crippen LogP contribution in [0.25, 0.3) is 0 Å². The average molecular weight is 242 g/mol. The first kappa shape index (κ1) is 12.1. The number of rotatable bonds is 2. The van der Waals surface area contributed by atoms with Crippen LogP contribution in [-0.4, -0.2) is 6.29 Å². The topological polar surface area (TPSA) is 17.1 Å². The molecule has 1 aliphatic rings.